The molecule has 0 aromatic heterocycles. The zero-order valence-electron chi connectivity index (χ0n) is 6.51. The fraction of sp³-hybridized carbons (Fsp3) is 0.714. The lowest BCUT2D eigenvalue weighted by molar-refractivity contribution is -0.405. The maximum Gasteiger partial charge on any atom is 0.218 e. The third-order valence-electron chi connectivity index (χ3n) is 1.42. The molecule has 1 atom stereocenters. The van der Waals surface area contributed by atoms with E-state index in [1.54, 1.807) is 14.0 Å². The van der Waals surface area contributed by atoms with Crippen molar-refractivity contribution in [3.05, 3.63) is 11.6 Å². The summed E-state index contributed by atoms with van der Waals surface area (Å²) in [6.07, 6.45) is 1.90. The molecule has 0 fully saturated rings. The highest BCUT2D eigenvalue weighted by molar-refractivity contribution is 5.06. The Labute approximate surface area is 60.5 Å². The van der Waals surface area contributed by atoms with Crippen molar-refractivity contribution in [3.8, 4) is 0 Å². The Morgan fingerprint density at radius 1 is 1.70 bits per heavy atom. The Balaban J connectivity index is 2.69. The molecule has 0 amide bonds. The zero-order valence-corrected chi connectivity index (χ0v) is 6.51. The van der Waals surface area contributed by atoms with Gasteiger partial charge in [0.2, 0.25) is 5.79 Å². The third-order valence-corrected chi connectivity index (χ3v) is 1.42. The van der Waals surface area contributed by atoms with Crippen molar-refractivity contribution < 1.29 is 14.5 Å². The SMILES string of the molecule is COC1(C)C=C(C)COO1. The molecule has 0 N–H and O–H groups in total. The summed E-state index contributed by atoms with van der Waals surface area (Å²) in [5.74, 6) is -0.692. The second kappa shape index (κ2) is 2.70. The van der Waals surface area contributed by atoms with Crippen LogP contribution in [0, 0.1) is 0 Å². The van der Waals surface area contributed by atoms with E-state index < -0.39 is 5.79 Å². The number of methoxy groups -OCH3 is 1. The second-order valence-electron chi connectivity index (χ2n) is 2.56. The van der Waals surface area contributed by atoms with Gasteiger partial charge in [-0.2, -0.15) is 4.89 Å². The van der Waals surface area contributed by atoms with Crippen LogP contribution in [0.15, 0.2) is 11.6 Å². The molecule has 1 unspecified atom stereocenters. The van der Waals surface area contributed by atoms with Crippen molar-refractivity contribution >= 4 is 0 Å². The summed E-state index contributed by atoms with van der Waals surface area (Å²) in [7, 11) is 1.58. The monoisotopic (exact) mass is 144 g/mol. The molecular formula is C7H12O3. The van der Waals surface area contributed by atoms with E-state index in [1.807, 2.05) is 13.0 Å². The van der Waals surface area contributed by atoms with Gasteiger partial charge >= 0.3 is 0 Å². The van der Waals surface area contributed by atoms with Gasteiger partial charge in [0.15, 0.2) is 0 Å². The lowest BCUT2D eigenvalue weighted by Gasteiger charge is -2.27. The van der Waals surface area contributed by atoms with E-state index in [4.69, 9.17) is 14.5 Å². The molecule has 10 heavy (non-hydrogen) atoms. The van der Waals surface area contributed by atoms with Crippen LogP contribution in [0.25, 0.3) is 0 Å². The van der Waals surface area contributed by atoms with Crippen LogP contribution in [0.1, 0.15) is 13.8 Å². The summed E-state index contributed by atoms with van der Waals surface area (Å²) < 4.78 is 5.03. The minimum atomic E-state index is -0.692. The number of hydrogen-bond acceptors (Lipinski definition) is 3. The molecule has 0 aliphatic carbocycles. The molecule has 1 rings (SSSR count). The van der Waals surface area contributed by atoms with Crippen LogP contribution in [0.2, 0.25) is 0 Å². The van der Waals surface area contributed by atoms with Gasteiger partial charge in [0.25, 0.3) is 0 Å². The van der Waals surface area contributed by atoms with E-state index in [0.29, 0.717) is 6.61 Å². The fourth-order valence-electron chi connectivity index (χ4n) is 0.846. The minimum absolute atomic E-state index is 0.527. The third kappa shape index (κ3) is 1.56. The van der Waals surface area contributed by atoms with Crippen molar-refractivity contribution in [1.82, 2.24) is 0 Å². The quantitative estimate of drug-likeness (QED) is 0.409. The van der Waals surface area contributed by atoms with Crippen molar-refractivity contribution in [1.29, 1.82) is 0 Å². The van der Waals surface area contributed by atoms with Crippen molar-refractivity contribution in [3.63, 3.8) is 0 Å². The van der Waals surface area contributed by atoms with E-state index in [1.165, 1.54) is 0 Å². The zero-order chi connectivity index (χ0) is 7.61. The molecule has 0 bridgehead atoms. The Morgan fingerprint density at radius 3 is 2.80 bits per heavy atom. The van der Waals surface area contributed by atoms with E-state index in [0.717, 1.165) is 5.57 Å². The average molecular weight is 144 g/mol. The van der Waals surface area contributed by atoms with Gasteiger partial charge in [-0.15, -0.1) is 0 Å². The van der Waals surface area contributed by atoms with Gasteiger partial charge in [0.1, 0.15) is 6.61 Å². The standard InChI is InChI=1S/C7H12O3/c1-6-4-7(2,8-3)10-9-5-6/h4H,5H2,1-3H3. The van der Waals surface area contributed by atoms with Gasteiger partial charge in [0.05, 0.1) is 0 Å². The first-order valence-corrected chi connectivity index (χ1v) is 3.20. The summed E-state index contributed by atoms with van der Waals surface area (Å²) in [6.45, 7) is 4.30. The molecular weight excluding hydrogens is 132 g/mol. The summed E-state index contributed by atoms with van der Waals surface area (Å²) in [5.41, 5.74) is 1.12. The molecule has 0 saturated carbocycles. The van der Waals surface area contributed by atoms with E-state index in [9.17, 15) is 0 Å². The highest BCUT2D eigenvalue weighted by Gasteiger charge is 2.26. The van der Waals surface area contributed by atoms with Gasteiger partial charge in [-0.25, -0.2) is 4.89 Å². The maximum absolute atomic E-state index is 5.03. The topological polar surface area (TPSA) is 27.7 Å². The summed E-state index contributed by atoms with van der Waals surface area (Å²) >= 11 is 0. The second-order valence-corrected chi connectivity index (χ2v) is 2.56. The minimum Gasteiger partial charge on any atom is -0.348 e. The van der Waals surface area contributed by atoms with E-state index >= 15 is 0 Å². The van der Waals surface area contributed by atoms with Crippen LogP contribution in [-0.4, -0.2) is 19.5 Å². The Morgan fingerprint density at radius 2 is 2.40 bits per heavy atom. The van der Waals surface area contributed by atoms with Crippen LogP contribution in [0.4, 0.5) is 0 Å². The summed E-state index contributed by atoms with van der Waals surface area (Å²) in [6, 6.07) is 0. The van der Waals surface area contributed by atoms with Crippen LogP contribution >= 0.6 is 0 Å². The summed E-state index contributed by atoms with van der Waals surface area (Å²) in [5, 5.41) is 0. The first kappa shape index (κ1) is 7.72. The Kier molecular flexibility index (Phi) is 2.08. The van der Waals surface area contributed by atoms with Gasteiger partial charge in [-0.1, -0.05) is 0 Å². The number of hydrogen-bond donors (Lipinski definition) is 0. The van der Waals surface area contributed by atoms with Gasteiger partial charge in [-0.3, -0.25) is 0 Å². The average Bonchev–Trinajstić information content (AvgIpc) is 1.88. The molecule has 3 nitrogen and oxygen atoms in total. The van der Waals surface area contributed by atoms with Crippen LogP contribution in [0.3, 0.4) is 0 Å². The van der Waals surface area contributed by atoms with Gasteiger partial charge in [0, 0.05) is 7.11 Å². The predicted octanol–water partition coefficient (Wildman–Crippen LogP) is 1.26. The maximum atomic E-state index is 5.03. The van der Waals surface area contributed by atoms with E-state index in [-0.39, 0.29) is 0 Å². The lowest BCUT2D eigenvalue weighted by Crippen LogP contribution is -2.32. The molecule has 1 aliphatic rings. The molecule has 0 spiro atoms. The lowest BCUT2D eigenvalue weighted by atomic mass is 10.2. The molecule has 1 aliphatic heterocycles. The van der Waals surface area contributed by atoms with Gasteiger partial charge in [-0.05, 0) is 25.5 Å². The van der Waals surface area contributed by atoms with E-state index in [2.05, 4.69) is 0 Å². The largest absolute Gasteiger partial charge is 0.348 e. The predicted molar refractivity (Wildman–Crippen MR) is 36.2 cm³/mol. The number of rotatable bonds is 1. The van der Waals surface area contributed by atoms with Gasteiger partial charge < -0.3 is 4.74 Å². The Hall–Kier alpha value is -0.380. The fourth-order valence-corrected chi connectivity index (χ4v) is 0.846. The van der Waals surface area contributed by atoms with Crippen LogP contribution in [-0.2, 0) is 14.5 Å². The van der Waals surface area contributed by atoms with Crippen molar-refractivity contribution in [2.45, 2.75) is 19.6 Å². The molecule has 0 aromatic carbocycles. The first-order chi connectivity index (χ1) is 4.66. The molecule has 0 radical (unpaired) electrons. The van der Waals surface area contributed by atoms with Crippen molar-refractivity contribution in [2.75, 3.05) is 13.7 Å². The highest BCUT2D eigenvalue weighted by Crippen LogP contribution is 2.20. The molecule has 3 heteroatoms. The molecule has 0 saturated heterocycles. The normalized spacial score (nSPS) is 33.7. The molecule has 1 heterocycles. The van der Waals surface area contributed by atoms with Crippen LogP contribution in [0.5, 0.6) is 0 Å². The number of ether oxygens (including phenoxy) is 1. The smallest absolute Gasteiger partial charge is 0.218 e. The molecule has 58 valence electrons. The van der Waals surface area contributed by atoms with Crippen molar-refractivity contribution in [2.24, 2.45) is 0 Å². The molecule has 0 aromatic rings. The first-order valence-electron chi connectivity index (χ1n) is 3.20. The Bertz CT molecular complexity index is 153. The summed E-state index contributed by atoms with van der Waals surface area (Å²) in [4.78, 5) is 9.68. The van der Waals surface area contributed by atoms with Crippen LogP contribution < -0.4 is 0 Å². The highest BCUT2D eigenvalue weighted by atomic mass is 17.2.